The Morgan fingerprint density at radius 3 is 1.23 bits per heavy atom. The van der Waals surface area contributed by atoms with Gasteiger partial charge in [0, 0.05) is 13.8 Å². The molecule has 2 aliphatic rings. The van der Waals surface area contributed by atoms with Crippen LogP contribution in [0.5, 0.6) is 0 Å². The van der Waals surface area contributed by atoms with E-state index in [0.29, 0.717) is 35.5 Å². The van der Waals surface area contributed by atoms with Gasteiger partial charge in [-0.15, -0.1) is 0 Å². The van der Waals surface area contributed by atoms with Crippen LogP contribution in [0.25, 0.3) is 0 Å². The second kappa shape index (κ2) is 19.3. The molecule has 0 aromatic carbocycles. The largest absolute Gasteiger partial charge is 0.503 e. The molecule has 2 fully saturated rings. The van der Waals surface area contributed by atoms with Gasteiger partial charge in [-0.2, -0.15) is 0 Å². The van der Waals surface area contributed by atoms with Crippen LogP contribution in [0.3, 0.4) is 0 Å². The van der Waals surface area contributed by atoms with Crippen LogP contribution in [-0.2, 0) is 28.7 Å². The van der Waals surface area contributed by atoms with E-state index < -0.39 is 6.16 Å². The number of ether oxygens (including phenoxy) is 2. The van der Waals surface area contributed by atoms with Gasteiger partial charge < -0.3 is 30.3 Å². The van der Waals surface area contributed by atoms with E-state index in [4.69, 9.17) is 24.5 Å². The molecule has 0 bridgehead atoms. The summed E-state index contributed by atoms with van der Waals surface area (Å²) in [6.45, 7) is 15.8. The van der Waals surface area contributed by atoms with Crippen LogP contribution in [0.2, 0.25) is 0 Å². The lowest BCUT2D eigenvalue weighted by atomic mass is 9.75. The summed E-state index contributed by atoms with van der Waals surface area (Å²) in [7, 11) is 0. The lowest BCUT2D eigenvalue weighted by Gasteiger charge is -2.36. The van der Waals surface area contributed by atoms with Crippen molar-refractivity contribution < 1.29 is 43.7 Å². The average Bonchev–Trinajstić information content (AvgIpc) is 2.81. The Labute approximate surface area is 239 Å². The molecule has 2 amide bonds. The fraction of sp³-hybridized carbons (Fsp3) is 0.828. The molecule has 40 heavy (non-hydrogen) atoms. The van der Waals surface area contributed by atoms with Crippen LogP contribution in [0.15, 0.2) is 0 Å². The van der Waals surface area contributed by atoms with E-state index >= 15 is 0 Å². The first-order valence-corrected chi connectivity index (χ1v) is 14.3. The summed E-state index contributed by atoms with van der Waals surface area (Å²) in [4.78, 5) is 53.4. The Morgan fingerprint density at radius 2 is 0.975 bits per heavy atom. The predicted octanol–water partition coefficient (Wildman–Crippen LogP) is 4.48. The number of carboxylic acid groups (broad SMARTS) is 2. The third-order valence-electron chi connectivity index (χ3n) is 7.45. The summed E-state index contributed by atoms with van der Waals surface area (Å²) in [5.74, 6) is 2.10. The number of esters is 2. The molecule has 0 spiro atoms. The minimum atomic E-state index is -1.83. The van der Waals surface area contributed by atoms with Crippen molar-refractivity contribution in [3.8, 4) is 0 Å². The second-order valence-electron chi connectivity index (χ2n) is 11.8. The Morgan fingerprint density at radius 1 is 0.675 bits per heavy atom. The first-order chi connectivity index (χ1) is 18.5. The van der Waals surface area contributed by atoms with E-state index in [1.54, 1.807) is 0 Å². The van der Waals surface area contributed by atoms with Gasteiger partial charge in [0.1, 0.15) is 25.3 Å². The normalized spacial score (nSPS) is 25.8. The highest BCUT2D eigenvalue weighted by molar-refractivity contribution is 5.80. The van der Waals surface area contributed by atoms with Crippen LogP contribution in [0, 0.1) is 35.5 Å². The Balaban J connectivity index is 0.000000671. The summed E-state index contributed by atoms with van der Waals surface area (Å²) in [5, 5.41) is 18.9. The Bertz CT molecular complexity index is 751. The Kier molecular flexibility index (Phi) is 17.9. The number of nitrogens with one attached hydrogen (secondary N) is 2. The highest BCUT2D eigenvalue weighted by Gasteiger charge is 2.34. The van der Waals surface area contributed by atoms with Gasteiger partial charge in [-0.05, 0) is 61.2 Å². The monoisotopic (exact) mass is 572 g/mol. The van der Waals surface area contributed by atoms with E-state index in [-0.39, 0.29) is 49.1 Å². The second-order valence-corrected chi connectivity index (χ2v) is 11.8. The molecule has 11 heteroatoms. The zero-order valence-corrected chi connectivity index (χ0v) is 25.5. The number of carbonyl (C=O) groups excluding carboxylic acids is 4. The summed E-state index contributed by atoms with van der Waals surface area (Å²) >= 11 is 0. The minimum Gasteiger partial charge on any atom is -0.461 e. The van der Waals surface area contributed by atoms with Gasteiger partial charge in [0.15, 0.2) is 0 Å². The number of hydrogen-bond donors (Lipinski definition) is 4. The van der Waals surface area contributed by atoms with E-state index in [2.05, 4.69) is 52.2 Å². The smallest absolute Gasteiger partial charge is 0.461 e. The highest BCUT2D eigenvalue weighted by Crippen LogP contribution is 2.36. The zero-order valence-electron chi connectivity index (χ0n) is 25.5. The molecular formula is C29H52N2O9. The number of rotatable bonds is 8. The maximum atomic E-state index is 11.7. The van der Waals surface area contributed by atoms with Crippen molar-refractivity contribution >= 4 is 29.9 Å². The molecular weight excluding hydrogens is 520 g/mol. The van der Waals surface area contributed by atoms with Crippen LogP contribution in [0.4, 0.5) is 4.79 Å². The molecule has 0 aliphatic heterocycles. The van der Waals surface area contributed by atoms with Crippen molar-refractivity contribution in [2.45, 2.75) is 106 Å². The lowest BCUT2D eigenvalue weighted by Crippen LogP contribution is -2.38. The fourth-order valence-corrected chi connectivity index (χ4v) is 5.31. The quantitative estimate of drug-likeness (QED) is 0.307. The van der Waals surface area contributed by atoms with Crippen LogP contribution in [-0.4, -0.2) is 65.4 Å². The number of carbonyl (C=O) groups is 5. The van der Waals surface area contributed by atoms with Gasteiger partial charge >= 0.3 is 18.1 Å². The summed E-state index contributed by atoms with van der Waals surface area (Å²) in [6.07, 6.45) is 4.73. The molecule has 0 aromatic heterocycles. The van der Waals surface area contributed by atoms with Crippen LogP contribution < -0.4 is 10.6 Å². The molecule has 0 saturated heterocycles. The fourth-order valence-electron chi connectivity index (χ4n) is 5.31. The van der Waals surface area contributed by atoms with Gasteiger partial charge in [-0.3, -0.25) is 19.2 Å². The first-order valence-electron chi connectivity index (χ1n) is 14.3. The highest BCUT2D eigenvalue weighted by atomic mass is 16.6. The molecule has 2 rings (SSSR count). The van der Waals surface area contributed by atoms with Gasteiger partial charge in [-0.25, -0.2) is 4.79 Å². The summed E-state index contributed by atoms with van der Waals surface area (Å²) in [5.41, 5.74) is 0. The molecule has 6 atom stereocenters. The standard InChI is InChI=1S/2C14H25NO3.CH2O3/c2*1-9(2)12-6-5-10(3)7-13(12)18-14(17)8-15-11(4)16;2-1(3)4/h2*9-10,12-13H,5-8H2,1-4H3,(H,15,16);(H2,2,3,4). The van der Waals surface area contributed by atoms with Crippen LogP contribution >= 0.6 is 0 Å². The van der Waals surface area contributed by atoms with Crippen molar-refractivity contribution in [1.82, 2.24) is 10.6 Å². The molecule has 11 nitrogen and oxygen atoms in total. The molecule has 0 aromatic rings. The predicted molar refractivity (Wildman–Crippen MR) is 150 cm³/mol. The topological polar surface area (TPSA) is 168 Å². The van der Waals surface area contributed by atoms with Gasteiger partial charge in [0.2, 0.25) is 11.8 Å². The molecule has 6 unspecified atom stereocenters. The molecule has 0 radical (unpaired) electrons. The number of amides is 2. The van der Waals surface area contributed by atoms with Gasteiger partial charge in [0.25, 0.3) is 0 Å². The molecule has 0 heterocycles. The van der Waals surface area contributed by atoms with Crippen molar-refractivity contribution in [2.75, 3.05) is 13.1 Å². The van der Waals surface area contributed by atoms with Crippen molar-refractivity contribution in [3.05, 3.63) is 0 Å². The zero-order chi connectivity index (χ0) is 31.0. The summed E-state index contributed by atoms with van der Waals surface area (Å²) in [6, 6.07) is 0. The van der Waals surface area contributed by atoms with E-state index in [1.807, 2.05) is 0 Å². The third kappa shape index (κ3) is 17.0. The number of hydrogen-bond acceptors (Lipinski definition) is 7. The van der Waals surface area contributed by atoms with Crippen LogP contribution in [0.1, 0.15) is 93.9 Å². The maximum Gasteiger partial charge on any atom is 0.503 e. The maximum absolute atomic E-state index is 11.7. The Hall–Kier alpha value is -2.85. The molecule has 2 saturated carbocycles. The van der Waals surface area contributed by atoms with Crippen molar-refractivity contribution in [2.24, 2.45) is 35.5 Å². The minimum absolute atomic E-state index is 0.00927. The third-order valence-corrected chi connectivity index (χ3v) is 7.45. The van der Waals surface area contributed by atoms with Gasteiger partial charge in [0.05, 0.1) is 0 Å². The molecule has 4 N–H and O–H groups in total. The van der Waals surface area contributed by atoms with E-state index in [1.165, 1.54) is 26.7 Å². The molecule has 2 aliphatic carbocycles. The average molecular weight is 573 g/mol. The van der Waals surface area contributed by atoms with Gasteiger partial charge in [-0.1, -0.05) is 54.4 Å². The van der Waals surface area contributed by atoms with E-state index in [9.17, 15) is 19.2 Å². The van der Waals surface area contributed by atoms with E-state index in [0.717, 1.165) is 25.7 Å². The first kappa shape index (κ1) is 37.1. The van der Waals surface area contributed by atoms with Crippen molar-refractivity contribution in [3.63, 3.8) is 0 Å². The molecule has 232 valence electrons. The summed E-state index contributed by atoms with van der Waals surface area (Å²) < 4.78 is 11.1. The SMILES string of the molecule is CC(=O)NCC(=O)OC1CC(C)CCC1C(C)C.CC(=O)NCC(=O)OC1CC(C)CCC1C(C)C.O=C(O)O. The van der Waals surface area contributed by atoms with Crippen molar-refractivity contribution in [1.29, 1.82) is 0 Å². The lowest BCUT2D eigenvalue weighted by molar-refractivity contribution is -0.156.